The fraction of sp³-hybridized carbons (Fsp3) is 0.368. The van der Waals surface area contributed by atoms with Crippen LogP contribution in [0.2, 0.25) is 0 Å². The van der Waals surface area contributed by atoms with Crippen molar-refractivity contribution >= 4 is 5.65 Å². The van der Waals surface area contributed by atoms with E-state index < -0.39 is 0 Å². The summed E-state index contributed by atoms with van der Waals surface area (Å²) in [7, 11) is 0. The van der Waals surface area contributed by atoms with Crippen molar-refractivity contribution in [3.63, 3.8) is 0 Å². The first-order valence-corrected chi connectivity index (χ1v) is 7.85. The zero-order chi connectivity index (χ0) is 16.8. The third-order valence-corrected chi connectivity index (χ3v) is 3.79. The smallest absolute Gasteiger partial charge is 0.155 e. The van der Waals surface area contributed by atoms with Gasteiger partial charge in [-0.2, -0.15) is 0 Å². The first-order chi connectivity index (χ1) is 10.8. The number of imidazole rings is 1. The number of nitrogens with zero attached hydrogens (tertiary/aromatic N) is 3. The summed E-state index contributed by atoms with van der Waals surface area (Å²) in [6.07, 6.45) is 5.60. The Morgan fingerprint density at radius 1 is 1.00 bits per heavy atom. The second-order valence-electron chi connectivity index (χ2n) is 6.99. The maximum absolute atomic E-state index is 6.02. The highest BCUT2D eigenvalue weighted by Gasteiger charge is 2.17. The molecule has 0 aliphatic heterocycles. The number of aromatic nitrogens is 3. The second kappa shape index (κ2) is 5.37. The third-order valence-electron chi connectivity index (χ3n) is 3.79. The minimum atomic E-state index is -0.206. The topological polar surface area (TPSA) is 39.4 Å². The van der Waals surface area contributed by atoms with E-state index in [-0.39, 0.29) is 5.60 Å². The fourth-order valence-electron chi connectivity index (χ4n) is 3.00. The molecule has 3 aromatic rings. The molecule has 0 saturated carbocycles. The van der Waals surface area contributed by atoms with Gasteiger partial charge in [0.05, 0.1) is 17.6 Å². The zero-order valence-electron chi connectivity index (χ0n) is 14.6. The van der Waals surface area contributed by atoms with Crippen molar-refractivity contribution in [1.82, 2.24) is 14.4 Å². The Morgan fingerprint density at radius 2 is 1.65 bits per heavy atom. The molecule has 0 N–H and O–H groups in total. The Kier molecular flexibility index (Phi) is 3.63. The zero-order valence-corrected chi connectivity index (χ0v) is 14.6. The number of hydrogen-bond acceptors (Lipinski definition) is 3. The molecule has 4 heteroatoms. The van der Waals surface area contributed by atoms with Gasteiger partial charge in [0.2, 0.25) is 0 Å². The summed E-state index contributed by atoms with van der Waals surface area (Å²) >= 11 is 0. The van der Waals surface area contributed by atoms with Crippen molar-refractivity contribution in [3.8, 4) is 17.0 Å². The van der Waals surface area contributed by atoms with E-state index in [2.05, 4.69) is 61.1 Å². The number of fused-ring (bicyclic) bond motifs is 1. The molecule has 0 bridgehead atoms. The van der Waals surface area contributed by atoms with Crippen molar-refractivity contribution in [2.75, 3.05) is 0 Å². The van der Waals surface area contributed by atoms with Crippen LogP contribution in [-0.2, 0) is 0 Å². The number of hydrogen-bond donors (Lipinski definition) is 0. The molecule has 0 spiro atoms. The van der Waals surface area contributed by atoms with Crippen LogP contribution in [0.5, 0.6) is 5.75 Å². The largest absolute Gasteiger partial charge is 0.488 e. The highest BCUT2D eigenvalue weighted by molar-refractivity contribution is 5.72. The molecular formula is C19H23N3O. The summed E-state index contributed by atoms with van der Waals surface area (Å²) in [6, 6.07) is 4.20. The molecule has 120 valence electrons. The minimum Gasteiger partial charge on any atom is -0.488 e. The van der Waals surface area contributed by atoms with Crippen LogP contribution in [0, 0.1) is 20.8 Å². The quantitative estimate of drug-likeness (QED) is 0.699. The predicted octanol–water partition coefficient (Wildman–Crippen LogP) is 4.50. The number of benzene rings is 1. The molecule has 0 saturated heterocycles. The van der Waals surface area contributed by atoms with Gasteiger partial charge in [0.15, 0.2) is 5.65 Å². The molecule has 2 aromatic heterocycles. The van der Waals surface area contributed by atoms with Crippen LogP contribution in [0.1, 0.15) is 37.6 Å². The molecule has 1 aromatic carbocycles. The van der Waals surface area contributed by atoms with Gasteiger partial charge in [0, 0.05) is 18.0 Å². The molecule has 23 heavy (non-hydrogen) atoms. The van der Waals surface area contributed by atoms with Gasteiger partial charge < -0.3 is 4.74 Å². The molecule has 0 radical (unpaired) electrons. The predicted molar refractivity (Wildman–Crippen MR) is 93.0 cm³/mol. The summed E-state index contributed by atoms with van der Waals surface area (Å²) in [4.78, 5) is 8.85. The van der Waals surface area contributed by atoms with Gasteiger partial charge in [-0.15, -0.1) is 0 Å². The third kappa shape index (κ3) is 2.93. The van der Waals surface area contributed by atoms with Gasteiger partial charge in [0.1, 0.15) is 11.4 Å². The lowest BCUT2D eigenvalue weighted by Crippen LogP contribution is -2.23. The van der Waals surface area contributed by atoms with Crippen molar-refractivity contribution in [2.24, 2.45) is 0 Å². The monoisotopic (exact) mass is 309 g/mol. The summed E-state index contributed by atoms with van der Waals surface area (Å²) in [5.41, 5.74) is 6.29. The Hall–Kier alpha value is -2.36. The van der Waals surface area contributed by atoms with Gasteiger partial charge in [-0.3, -0.25) is 9.38 Å². The van der Waals surface area contributed by atoms with Crippen LogP contribution in [-0.4, -0.2) is 20.0 Å². The Morgan fingerprint density at radius 3 is 2.26 bits per heavy atom. The Balaban J connectivity index is 2.20. The van der Waals surface area contributed by atoms with Crippen LogP contribution in [0.25, 0.3) is 16.9 Å². The minimum absolute atomic E-state index is 0.206. The van der Waals surface area contributed by atoms with Crippen molar-refractivity contribution in [1.29, 1.82) is 0 Å². The van der Waals surface area contributed by atoms with Gasteiger partial charge in [-0.25, -0.2) is 4.98 Å². The maximum atomic E-state index is 6.02. The van der Waals surface area contributed by atoms with E-state index in [1.54, 1.807) is 6.20 Å². The van der Waals surface area contributed by atoms with E-state index in [1.165, 1.54) is 16.7 Å². The number of ether oxygens (including phenoxy) is 1. The van der Waals surface area contributed by atoms with Crippen LogP contribution in [0.15, 0.2) is 30.7 Å². The summed E-state index contributed by atoms with van der Waals surface area (Å²) < 4.78 is 8.12. The molecule has 2 heterocycles. The van der Waals surface area contributed by atoms with Crippen LogP contribution in [0.4, 0.5) is 0 Å². The second-order valence-corrected chi connectivity index (χ2v) is 6.99. The van der Waals surface area contributed by atoms with Gasteiger partial charge in [0.25, 0.3) is 0 Å². The van der Waals surface area contributed by atoms with E-state index >= 15 is 0 Å². The molecule has 0 aliphatic rings. The fourth-order valence-corrected chi connectivity index (χ4v) is 3.00. The highest BCUT2D eigenvalue weighted by Crippen LogP contribution is 2.33. The van der Waals surface area contributed by atoms with Crippen molar-refractivity contribution in [2.45, 2.75) is 47.1 Å². The molecule has 4 nitrogen and oxygen atoms in total. The number of aryl methyl sites for hydroxylation is 3. The Labute approximate surface area is 137 Å². The van der Waals surface area contributed by atoms with Crippen molar-refractivity contribution in [3.05, 3.63) is 47.5 Å². The van der Waals surface area contributed by atoms with E-state index in [4.69, 9.17) is 4.74 Å². The van der Waals surface area contributed by atoms with Gasteiger partial charge >= 0.3 is 0 Å². The molecule has 0 amide bonds. The lowest BCUT2D eigenvalue weighted by Gasteiger charge is -2.23. The summed E-state index contributed by atoms with van der Waals surface area (Å²) in [5, 5.41) is 0. The van der Waals surface area contributed by atoms with E-state index in [0.29, 0.717) is 0 Å². The normalized spacial score (nSPS) is 11.9. The average Bonchev–Trinajstić information content (AvgIpc) is 2.86. The number of rotatable bonds is 2. The van der Waals surface area contributed by atoms with Crippen LogP contribution in [0.3, 0.4) is 0 Å². The molecule has 0 aliphatic carbocycles. The Bertz CT molecular complexity index is 849. The summed E-state index contributed by atoms with van der Waals surface area (Å²) in [6.45, 7) is 12.5. The van der Waals surface area contributed by atoms with E-state index in [0.717, 1.165) is 22.8 Å². The summed E-state index contributed by atoms with van der Waals surface area (Å²) in [5.74, 6) is 0.902. The molecule has 0 atom stereocenters. The van der Waals surface area contributed by atoms with Crippen LogP contribution < -0.4 is 4.74 Å². The molecule has 0 unspecified atom stereocenters. The molecule has 3 rings (SSSR count). The SMILES string of the molecule is Cc1cc(OC(C)(C)C)cc(C)c1-c1c(C)ncc2nccn12. The maximum Gasteiger partial charge on any atom is 0.155 e. The lowest BCUT2D eigenvalue weighted by atomic mass is 9.97. The van der Waals surface area contributed by atoms with Gasteiger partial charge in [-0.1, -0.05) is 0 Å². The molecular weight excluding hydrogens is 286 g/mol. The van der Waals surface area contributed by atoms with Crippen LogP contribution >= 0.6 is 0 Å². The van der Waals surface area contributed by atoms with E-state index in [1.807, 2.05) is 19.3 Å². The lowest BCUT2D eigenvalue weighted by molar-refractivity contribution is 0.131. The highest BCUT2D eigenvalue weighted by atomic mass is 16.5. The molecule has 0 fully saturated rings. The standard InChI is InChI=1S/C19H23N3O/c1-12-9-15(23-19(4,5)6)10-13(2)17(12)18-14(3)21-11-16-20-7-8-22(16)18/h7-11H,1-6H3. The van der Waals surface area contributed by atoms with Crippen molar-refractivity contribution < 1.29 is 4.74 Å². The van der Waals surface area contributed by atoms with Gasteiger partial charge in [-0.05, 0) is 64.8 Å². The first kappa shape index (κ1) is 15.5. The average molecular weight is 309 g/mol. The first-order valence-electron chi connectivity index (χ1n) is 7.85. The van der Waals surface area contributed by atoms with E-state index in [9.17, 15) is 0 Å².